The van der Waals surface area contributed by atoms with Gasteiger partial charge in [-0.2, -0.15) is 0 Å². The van der Waals surface area contributed by atoms with Crippen LogP contribution in [0.15, 0.2) is 24.3 Å². The van der Waals surface area contributed by atoms with Gasteiger partial charge in [0.15, 0.2) is 5.60 Å². The second-order valence-corrected chi connectivity index (χ2v) is 7.09. The second-order valence-electron chi connectivity index (χ2n) is 7.09. The zero-order chi connectivity index (χ0) is 17.2. The predicted molar refractivity (Wildman–Crippen MR) is 90.0 cm³/mol. The van der Waals surface area contributed by atoms with E-state index in [0.29, 0.717) is 11.5 Å². The highest BCUT2D eigenvalue weighted by atomic mass is 16.4. The van der Waals surface area contributed by atoms with Gasteiger partial charge in [-0.25, -0.2) is 4.79 Å². The van der Waals surface area contributed by atoms with Crippen LogP contribution < -0.4 is 0 Å². The Labute approximate surface area is 142 Å². The Bertz CT molecular complexity index is 596. The van der Waals surface area contributed by atoms with Gasteiger partial charge in [0.05, 0.1) is 0 Å². The van der Waals surface area contributed by atoms with Crippen molar-refractivity contribution in [1.29, 1.82) is 0 Å². The van der Waals surface area contributed by atoms with E-state index in [4.69, 9.17) is 5.11 Å². The lowest BCUT2D eigenvalue weighted by molar-refractivity contribution is -0.162. The molecule has 0 atom stereocenters. The molecule has 1 saturated carbocycles. The lowest BCUT2D eigenvalue weighted by Crippen LogP contribution is -2.50. The van der Waals surface area contributed by atoms with E-state index in [1.54, 1.807) is 4.90 Å². The van der Waals surface area contributed by atoms with Crippen molar-refractivity contribution >= 4 is 11.9 Å². The molecule has 0 bridgehead atoms. The van der Waals surface area contributed by atoms with Gasteiger partial charge in [0.2, 0.25) is 0 Å². The number of aliphatic carboxylic acids is 1. The lowest BCUT2D eigenvalue weighted by Gasteiger charge is -2.35. The van der Waals surface area contributed by atoms with Crippen LogP contribution in [0.5, 0.6) is 0 Å². The molecule has 0 aromatic heterocycles. The Morgan fingerprint density at radius 2 is 1.58 bits per heavy atom. The van der Waals surface area contributed by atoms with E-state index in [9.17, 15) is 14.7 Å². The van der Waals surface area contributed by atoms with E-state index in [2.05, 4.69) is 12.1 Å². The maximum absolute atomic E-state index is 12.6. The molecule has 3 rings (SSSR count). The first-order valence-corrected chi connectivity index (χ1v) is 8.85. The van der Waals surface area contributed by atoms with Crippen LogP contribution >= 0.6 is 0 Å². The molecule has 1 aliphatic heterocycles. The van der Waals surface area contributed by atoms with E-state index < -0.39 is 11.6 Å². The Morgan fingerprint density at radius 1 is 1.00 bits per heavy atom. The maximum Gasteiger partial charge on any atom is 0.335 e. The van der Waals surface area contributed by atoms with Crippen LogP contribution in [0.1, 0.15) is 66.8 Å². The largest absolute Gasteiger partial charge is 0.479 e. The fourth-order valence-corrected chi connectivity index (χ4v) is 3.81. The third kappa shape index (κ3) is 3.46. The quantitative estimate of drug-likeness (QED) is 0.893. The third-order valence-electron chi connectivity index (χ3n) is 5.51. The summed E-state index contributed by atoms with van der Waals surface area (Å²) in [7, 11) is 0. The standard InChI is InChI=1S/C19H25NO4/c21-17(20-12-10-19(24,11-13-20)18(22)23)16-8-6-15(7-9-16)14-4-2-1-3-5-14/h6-9,14,24H,1-5,10-13H2,(H,22,23). The monoisotopic (exact) mass is 331 g/mol. The summed E-state index contributed by atoms with van der Waals surface area (Å²) in [6.07, 6.45) is 6.50. The smallest absolute Gasteiger partial charge is 0.335 e. The maximum atomic E-state index is 12.6. The number of amides is 1. The second kappa shape index (κ2) is 6.93. The molecule has 2 aliphatic rings. The number of carbonyl (C=O) groups excluding carboxylic acids is 1. The molecule has 2 fully saturated rings. The SMILES string of the molecule is O=C(c1ccc(C2CCCCC2)cc1)N1CCC(O)(C(=O)O)CC1. The minimum Gasteiger partial charge on any atom is -0.479 e. The first-order valence-electron chi connectivity index (χ1n) is 8.85. The molecule has 130 valence electrons. The van der Waals surface area contributed by atoms with Gasteiger partial charge in [-0.05, 0) is 36.5 Å². The van der Waals surface area contributed by atoms with Crippen molar-refractivity contribution in [3.05, 3.63) is 35.4 Å². The van der Waals surface area contributed by atoms with Crippen LogP contribution in [-0.2, 0) is 4.79 Å². The Hall–Kier alpha value is -1.88. The Morgan fingerprint density at radius 3 is 2.12 bits per heavy atom. The average molecular weight is 331 g/mol. The van der Waals surface area contributed by atoms with Gasteiger partial charge < -0.3 is 15.1 Å². The topological polar surface area (TPSA) is 77.8 Å². The highest BCUT2D eigenvalue weighted by Crippen LogP contribution is 2.32. The molecule has 2 N–H and O–H groups in total. The van der Waals surface area contributed by atoms with Crippen LogP contribution in [0.3, 0.4) is 0 Å². The lowest BCUT2D eigenvalue weighted by atomic mass is 9.84. The number of aliphatic hydroxyl groups is 1. The van der Waals surface area contributed by atoms with Gasteiger partial charge in [0.1, 0.15) is 0 Å². The molecule has 5 heteroatoms. The molecule has 0 unspecified atom stereocenters. The molecule has 1 heterocycles. The highest BCUT2D eigenvalue weighted by Gasteiger charge is 2.40. The minimum atomic E-state index is -1.69. The summed E-state index contributed by atoms with van der Waals surface area (Å²) in [5.41, 5.74) is 0.252. The number of likely N-dealkylation sites (tertiary alicyclic amines) is 1. The zero-order valence-electron chi connectivity index (χ0n) is 13.9. The summed E-state index contributed by atoms with van der Waals surface area (Å²) < 4.78 is 0. The van der Waals surface area contributed by atoms with Crippen molar-refractivity contribution in [3.8, 4) is 0 Å². The first-order chi connectivity index (χ1) is 11.5. The zero-order valence-corrected chi connectivity index (χ0v) is 13.9. The number of hydrogen-bond donors (Lipinski definition) is 2. The van der Waals surface area contributed by atoms with Crippen molar-refractivity contribution in [1.82, 2.24) is 4.90 Å². The van der Waals surface area contributed by atoms with Crippen LogP contribution in [0, 0.1) is 0 Å². The molecule has 0 radical (unpaired) electrons. The molecule has 0 spiro atoms. The molecule has 24 heavy (non-hydrogen) atoms. The van der Waals surface area contributed by atoms with E-state index in [0.717, 1.165) is 0 Å². The van der Waals surface area contributed by atoms with E-state index in [-0.39, 0.29) is 31.8 Å². The van der Waals surface area contributed by atoms with Gasteiger partial charge in [-0.1, -0.05) is 31.4 Å². The summed E-state index contributed by atoms with van der Waals surface area (Å²) in [6.45, 7) is 0.540. The van der Waals surface area contributed by atoms with Crippen LogP contribution in [0.25, 0.3) is 0 Å². The molecule has 1 aliphatic carbocycles. The van der Waals surface area contributed by atoms with Gasteiger partial charge in [0.25, 0.3) is 5.91 Å². The van der Waals surface area contributed by atoms with E-state index >= 15 is 0 Å². The number of benzene rings is 1. The Balaban J connectivity index is 1.62. The van der Waals surface area contributed by atoms with Gasteiger partial charge in [-0.3, -0.25) is 4.79 Å². The summed E-state index contributed by atoms with van der Waals surface area (Å²) in [4.78, 5) is 25.3. The summed E-state index contributed by atoms with van der Waals surface area (Å²) in [6, 6.07) is 7.87. The molecule has 1 saturated heterocycles. The predicted octanol–water partition coefficient (Wildman–Crippen LogP) is 2.79. The molecular formula is C19H25NO4. The summed E-state index contributed by atoms with van der Waals surface area (Å²) in [5.74, 6) is -0.674. The molecule has 1 aromatic rings. The number of piperidine rings is 1. The molecule has 1 aromatic carbocycles. The van der Waals surface area contributed by atoms with Crippen molar-refractivity contribution in [3.63, 3.8) is 0 Å². The average Bonchev–Trinajstić information content (AvgIpc) is 2.62. The molecule has 1 amide bonds. The molecular weight excluding hydrogens is 306 g/mol. The van der Waals surface area contributed by atoms with Crippen molar-refractivity contribution in [2.45, 2.75) is 56.5 Å². The first kappa shape index (κ1) is 17.0. The van der Waals surface area contributed by atoms with Crippen molar-refractivity contribution in [2.75, 3.05) is 13.1 Å². The van der Waals surface area contributed by atoms with Gasteiger partial charge in [0, 0.05) is 31.5 Å². The minimum absolute atomic E-state index is 0.0776. The summed E-state index contributed by atoms with van der Waals surface area (Å²) >= 11 is 0. The van der Waals surface area contributed by atoms with Crippen molar-refractivity contribution in [2.24, 2.45) is 0 Å². The van der Waals surface area contributed by atoms with Crippen LogP contribution in [0.4, 0.5) is 0 Å². The molecule has 5 nitrogen and oxygen atoms in total. The number of carbonyl (C=O) groups is 2. The number of rotatable bonds is 3. The van der Waals surface area contributed by atoms with Gasteiger partial charge in [-0.15, -0.1) is 0 Å². The number of hydrogen-bond acceptors (Lipinski definition) is 3. The van der Waals surface area contributed by atoms with E-state index in [1.807, 2.05) is 12.1 Å². The third-order valence-corrected chi connectivity index (χ3v) is 5.51. The number of carboxylic acid groups (broad SMARTS) is 1. The fourth-order valence-electron chi connectivity index (χ4n) is 3.81. The van der Waals surface area contributed by atoms with Gasteiger partial charge >= 0.3 is 5.97 Å². The highest BCUT2D eigenvalue weighted by molar-refractivity contribution is 5.94. The van der Waals surface area contributed by atoms with Crippen LogP contribution in [0.2, 0.25) is 0 Å². The number of carboxylic acids is 1. The fraction of sp³-hybridized carbons (Fsp3) is 0.579. The van der Waals surface area contributed by atoms with E-state index in [1.165, 1.54) is 37.7 Å². The summed E-state index contributed by atoms with van der Waals surface area (Å²) in [5, 5.41) is 19.0. The van der Waals surface area contributed by atoms with Crippen molar-refractivity contribution < 1.29 is 19.8 Å². The number of nitrogens with zero attached hydrogens (tertiary/aromatic N) is 1. The van der Waals surface area contributed by atoms with Crippen LogP contribution in [-0.4, -0.2) is 45.7 Å². The Kier molecular flexibility index (Phi) is 4.90. The normalized spacial score (nSPS) is 21.5.